The summed E-state index contributed by atoms with van der Waals surface area (Å²) in [7, 11) is 1.60. The Morgan fingerprint density at radius 2 is 2.08 bits per heavy atom. The normalized spacial score (nSPS) is 10.5. The number of nitro benzene ring substituents is 1. The van der Waals surface area contributed by atoms with E-state index in [4.69, 9.17) is 4.74 Å². The van der Waals surface area contributed by atoms with Gasteiger partial charge < -0.3 is 14.6 Å². The van der Waals surface area contributed by atoms with Crippen LogP contribution in [0.25, 0.3) is 10.9 Å². The number of methoxy groups -OCH3 is 1. The number of hydrogen-bond acceptors (Lipinski definition) is 4. The number of carbonyl (C=O) groups excluding carboxylic acids is 1. The Bertz CT molecular complexity index is 917. The highest BCUT2D eigenvalue weighted by Crippen LogP contribution is 2.22. The minimum absolute atomic E-state index is 0.0636. The summed E-state index contributed by atoms with van der Waals surface area (Å²) in [5.41, 5.74) is 1.24. The second-order valence-corrected chi connectivity index (χ2v) is 5.22. The number of rotatable bonds is 5. The number of amides is 1. The predicted octanol–water partition coefficient (Wildman–Crippen LogP) is 3.20. The number of aromatic nitrogens is 1. The average Bonchev–Trinajstić information content (AvgIpc) is 2.97. The quantitative estimate of drug-likeness (QED) is 0.576. The zero-order valence-corrected chi connectivity index (χ0v) is 12.9. The number of carbonyl (C=O) groups is 1. The van der Waals surface area contributed by atoms with Crippen LogP contribution in [0.4, 0.5) is 11.4 Å². The Hall–Kier alpha value is -3.35. The molecule has 1 N–H and O–H groups in total. The van der Waals surface area contributed by atoms with Crippen molar-refractivity contribution in [3.05, 3.63) is 64.8 Å². The van der Waals surface area contributed by atoms with E-state index in [1.165, 1.54) is 18.2 Å². The van der Waals surface area contributed by atoms with E-state index in [0.29, 0.717) is 5.69 Å². The molecule has 0 aliphatic rings. The van der Waals surface area contributed by atoms with Crippen molar-refractivity contribution in [3.63, 3.8) is 0 Å². The Morgan fingerprint density at radius 3 is 2.83 bits per heavy atom. The van der Waals surface area contributed by atoms with Crippen LogP contribution >= 0.6 is 0 Å². The first kappa shape index (κ1) is 15.5. The molecule has 1 heterocycles. The van der Waals surface area contributed by atoms with Crippen LogP contribution in [0.1, 0.15) is 0 Å². The van der Waals surface area contributed by atoms with E-state index in [-0.39, 0.29) is 18.1 Å². The SMILES string of the molecule is COc1ccc2c(ccn2CC(=O)Nc2cccc([N+](=O)[O-])c2)c1. The molecule has 7 nitrogen and oxygen atoms in total. The Balaban J connectivity index is 1.75. The number of ether oxygens (including phenoxy) is 1. The molecule has 0 aliphatic heterocycles. The summed E-state index contributed by atoms with van der Waals surface area (Å²) in [6.45, 7) is 0.110. The first-order chi connectivity index (χ1) is 11.6. The van der Waals surface area contributed by atoms with Gasteiger partial charge in [0.15, 0.2) is 0 Å². The van der Waals surface area contributed by atoms with Crippen LogP contribution in [0.3, 0.4) is 0 Å². The van der Waals surface area contributed by atoms with Crippen LogP contribution in [0.2, 0.25) is 0 Å². The topological polar surface area (TPSA) is 86.4 Å². The zero-order chi connectivity index (χ0) is 17.1. The molecule has 2 aromatic carbocycles. The average molecular weight is 325 g/mol. The molecule has 0 atom stereocenters. The highest BCUT2D eigenvalue weighted by molar-refractivity contribution is 5.92. The summed E-state index contributed by atoms with van der Waals surface area (Å²) in [5.74, 6) is 0.491. The number of nitro groups is 1. The summed E-state index contributed by atoms with van der Waals surface area (Å²) >= 11 is 0. The number of hydrogen-bond donors (Lipinski definition) is 1. The highest BCUT2D eigenvalue weighted by Gasteiger charge is 2.10. The molecule has 7 heteroatoms. The van der Waals surface area contributed by atoms with Crippen LogP contribution in [0, 0.1) is 10.1 Å². The van der Waals surface area contributed by atoms with Gasteiger partial charge in [0.05, 0.1) is 12.0 Å². The standard InChI is InChI=1S/C17H15N3O4/c1-24-15-5-6-16-12(9-15)7-8-19(16)11-17(21)18-13-3-2-4-14(10-13)20(22)23/h2-10H,11H2,1H3,(H,18,21). The molecule has 0 aliphatic carbocycles. The van der Waals surface area contributed by atoms with Gasteiger partial charge in [-0.1, -0.05) is 6.07 Å². The minimum atomic E-state index is -0.498. The van der Waals surface area contributed by atoms with Crippen molar-refractivity contribution < 1.29 is 14.5 Å². The van der Waals surface area contributed by atoms with E-state index in [2.05, 4.69) is 5.32 Å². The first-order valence-electron chi connectivity index (χ1n) is 7.24. The smallest absolute Gasteiger partial charge is 0.271 e. The van der Waals surface area contributed by atoms with Crippen LogP contribution < -0.4 is 10.1 Å². The lowest BCUT2D eigenvalue weighted by molar-refractivity contribution is -0.384. The molecular formula is C17H15N3O4. The fourth-order valence-corrected chi connectivity index (χ4v) is 2.50. The zero-order valence-electron chi connectivity index (χ0n) is 12.9. The molecule has 1 aromatic heterocycles. The van der Waals surface area contributed by atoms with Gasteiger partial charge in [-0.2, -0.15) is 0 Å². The van der Waals surface area contributed by atoms with Crippen LogP contribution in [0.5, 0.6) is 5.75 Å². The Kier molecular flexibility index (Phi) is 4.15. The highest BCUT2D eigenvalue weighted by atomic mass is 16.6. The number of fused-ring (bicyclic) bond motifs is 1. The van der Waals surface area contributed by atoms with E-state index in [0.717, 1.165) is 16.7 Å². The lowest BCUT2D eigenvalue weighted by Gasteiger charge is -2.08. The summed E-state index contributed by atoms with van der Waals surface area (Å²) in [6.07, 6.45) is 1.82. The van der Waals surface area contributed by atoms with Crippen molar-refractivity contribution in [3.8, 4) is 5.75 Å². The monoisotopic (exact) mass is 325 g/mol. The maximum Gasteiger partial charge on any atom is 0.271 e. The fraction of sp³-hybridized carbons (Fsp3) is 0.118. The molecule has 0 bridgehead atoms. The van der Waals surface area contributed by atoms with E-state index in [1.807, 2.05) is 35.0 Å². The fourth-order valence-electron chi connectivity index (χ4n) is 2.50. The lowest BCUT2D eigenvalue weighted by Crippen LogP contribution is -2.18. The molecule has 3 rings (SSSR count). The van der Waals surface area contributed by atoms with Gasteiger partial charge in [0, 0.05) is 34.9 Å². The second-order valence-electron chi connectivity index (χ2n) is 5.22. The van der Waals surface area contributed by atoms with Gasteiger partial charge in [0.1, 0.15) is 12.3 Å². The summed E-state index contributed by atoms with van der Waals surface area (Å²) in [4.78, 5) is 22.5. The molecule has 0 unspecified atom stereocenters. The maximum atomic E-state index is 12.2. The molecule has 0 saturated heterocycles. The van der Waals surface area contributed by atoms with Crippen molar-refractivity contribution in [2.45, 2.75) is 6.54 Å². The molecule has 0 fully saturated rings. The molecule has 3 aromatic rings. The van der Waals surface area contributed by atoms with Gasteiger partial charge in [-0.15, -0.1) is 0 Å². The number of nitrogens with zero attached hydrogens (tertiary/aromatic N) is 2. The maximum absolute atomic E-state index is 12.2. The molecule has 0 spiro atoms. The van der Waals surface area contributed by atoms with Crippen LogP contribution in [-0.2, 0) is 11.3 Å². The molecule has 0 radical (unpaired) electrons. The number of anilines is 1. The molecule has 0 saturated carbocycles. The number of non-ortho nitro benzene ring substituents is 1. The van der Waals surface area contributed by atoms with Crippen molar-refractivity contribution in [1.29, 1.82) is 0 Å². The molecular weight excluding hydrogens is 310 g/mol. The molecule has 24 heavy (non-hydrogen) atoms. The molecule has 1 amide bonds. The Morgan fingerprint density at radius 1 is 1.25 bits per heavy atom. The first-order valence-corrected chi connectivity index (χ1v) is 7.24. The van der Waals surface area contributed by atoms with E-state index >= 15 is 0 Å². The minimum Gasteiger partial charge on any atom is -0.497 e. The summed E-state index contributed by atoms with van der Waals surface area (Å²) in [5, 5.41) is 14.4. The second kappa shape index (κ2) is 6.41. The van der Waals surface area contributed by atoms with Gasteiger partial charge in [-0.05, 0) is 30.3 Å². The van der Waals surface area contributed by atoms with Crippen molar-refractivity contribution in [2.24, 2.45) is 0 Å². The molecule has 122 valence electrons. The van der Waals surface area contributed by atoms with Gasteiger partial charge in [-0.3, -0.25) is 14.9 Å². The third-order valence-corrected chi connectivity index (χ3v) is 3.63. The largest absolute Gasteiger partial charge is 0.497 e. The van der Waals surface area contributed by atoms with Crippen molar-refractivity contribution in [1.82, 2.24) is 4.57 Å². The van der Waals surface area contributed by atoms with Gasteiger partial charge in [0.2, 0.25) is 5.91 Å². The third kappa shape index (κ3) is 3.19. The lowest BCUT2D eigenvalue weighted by atomic mass is 10.2. The van der Waals surface area contributed by atoms with Gasteiger partial charge >= 0.3 is 0 Å². The predicted molar refractivity (Wildman–Crippen MR) is 90.2 cm³/mol. The van der Waals surface area contributed by atoms with Crippen molar-refractivity contribution >= 4 is 28.2 Å². The van der Waals surface area contributed by atoms with Gasteiger partial charge in [-0.25, -0.2) is 0 Å². The van der Waals surface area contributed by atoms with Crippen LogP contribution in [0.15, 0.2) is 54.7 Å². The number of benzene rings is 2. The van der Waals surface area contributed by atoms with E-state index in [1.54, 1.807) is 13.2 Å². The van der Waals surface area contributed by atoms with E-state index < -0.39 is 4.92 Å². The Labute approximate surface area is 137 Å². The number of nitrogens with one attached hydrogen (secondary N) is 1. The summed E-state index contributed by atoms with van der Waals surface area (Å²) < 4.78 is 6.99. The van der Waals surface area contributed by atoms with Gasteiger partial charge in [0.25, 0.3) is 5.69 Å². The van der Waals surface area contributed by atoms with Crippen LogP contribution in [-0.4, -0.2) is 22.5 Å². The summed E-state index contributed by atoms with van der Waals surface area (Å²) in [6, 6.07) is 13.4. The third-order valence-electron chi connectivity index (χ3n) is 3.63. The van der Waals surface area contributed by atoms with Crippen molar-refractivity contribution in [2.75, 3.05) is 12.4 Å². The van der Waals surface area contributed by atoms with E-state index in [9.17, 15) is 14.9 Å².